The van der Waals surface area contributed by atoms with Crippen LogP contribution in [0, 0.1) is 0 Å². The summed E-state index contributed by atoms with van der Waals surface area (Å²) in [6, 6.07) is 22.2. The summed E-state index contributed by atoms with van der Waals surface area (Å²) in [5.41, 5.74) is 3.96. The van der Waals surface area contributed by atoms with Gasteiger partial charge in [0, 0.05) is 39.7 Å². The molecule has 23 heavy (non-hydrogen) atoms. The lowest BCUT2D eigenvalue weighted by Crippen LogP contribution is -1.88. The minimum absolute atomic E-state index is 0.759. The van der Waals surface area contributed by atoms with E-state index in [1.54, 1.807) is 0 Å². The molecule has 0 spiro atoms. The molecule has 2 heterocycles. The van der Waals surface area contributed by atoms with E-state index in [0.717, 1.165) is 32.7 Å². The molecule has 0 bridgehead atoms. The summed E-state index contributed by atoms with van der Waals surface area (Å²) < 4.78 is 8.58. The molecule has 0 atom stereocenters. The summed E-state index contributed by atoms with van der Waals surface area (Å²) in [5, 5.41) is 4.19. The smallest absolute Gasteiger partial charge is 0.167 e. The minimum Gasteiger partial charge on any atom is -0.356 e. The molecule has 0 saturated heterocycles. The van der Waals surface area contributed by atoms with Gasteiger partial charge in [0.05, 0.1) is 0 Å². The Balaban J connectivity index is 1.66. The maximum absolute atomic E-state index is 5.51. The van der Waals surface area contributed by atoms with Crippen LogP contribution in [0.5, 0.6) is 0 Å². The Morgan fingerprint density at radius 3 is 2.35 bits per heavy atom. The first kappa shape index (κ1) is 14.0. The molecule has 4 aromatic rings. The molecule has 0 fully saturated rings. The molecule has 0 radical (unpaired) electrons. The third-order valence-electron chi connectivity index (χ3n) is 3.71. The van der Waals surface area contributed by atoms with Crippen LogP contribution >= 0.6 is 15.9 Å². The highest BCUT2D eigenvalue weighted by Crippen LogP contribution is 2.30. The average molecular weight is 365 g/mol. The van der Waals surface area contributed by atoms with E-state index in [0.29, 0.717) is 0 Å². The summed E-state index contributed by atoms with van der Waals surface area (Å²) in [7, 11) is 0. The zero-order chi connectivity index (χ0) is 15.6. The summed E-state index contributed by atoms with van der Waals surface area (Å²) >= 11 is 3.55. The van der Waals surface area contributed by atoms with Gasteiger partial charge in [-0.1, -0.05) is 39.3 Å². The second kappa shape index (κ2) is 5.89. The molecular weight excluding hydrogens is 352 g/mol. The summed E-state index contributed by atoms with van der Waals surface area (Å²) in [6.07, 6.45) is 4.04. The number of benzene rings is 2. The van der Waals surface area contributed by atoms with Gasteiger partial charge in [-0.15, -0.1) is 0 Å². The van der Waals surface area contributed by atoms with Gasteiger partial charge >= 0.3 is 0 Å². The van der Waals surface area contributed by atoms with Crippen LogP contribution in [-0.2, 0) is 0 Å². The van der Waals surface area contributed by atoms with Gasteiger partial charge in [0.15, 0.2) is 5.76 Å². The van der Waals surface area contributed by atoms with Crippen molar-refractivity contribution in [3.8, 4) is 28.3 Å². The van der Waals surface area contributed by atoms with Gasteiger partial charge in [0.2, 0.25) is 0 Å². The number of aromatic nitrogens is 2. The van der Waals surface area contributed by atoms with Crippen LogP contribution < -0.4 is 0 Å². The number of hydrogen-bond acceptors (Lipinski definition) is 2. The van der Waals surface area contributed by atoms with Crippen LogP contribution in [0.4, 0.5) is 0 Å². The molecule has 0 aliphatic heterocycles. The second-order valence-corrected chi connectivity index (χ2v) is 6.05. The Kier molecular flexibility index (Phi) is 3.60. The first-order valence-corrected chi connectivity index (χ1v) is 8.06. The molecule has 4 heteroatoms. The van der Waals surface area contributed by atoms with Crippen molar-refractivity contribution in [2.75, 3.05) is 0 Å². The lowest BCUT2D eigenvalue weighted by Gasteiger charge is -2.03. The Labute approximate surface area is 142 Å². The van der Waals surface area contributed by atoms with E-state index >= 15 is 0 Å². The molecule has 0 saturated carbocycles. The summed E-state index contributed by atoms with van der Waals surface area (Å²) in [6.45, 7) is 0. The predicted octanol–water partition coefficient (Wildman–Crippen LogP) is 5.56. The molecule has 0 amide bonds. The minimum atomic E-state index is 0.759. The third-order valence-corrected chi connectivity index (χ3v) is 4.41. The van der Waals surface area contributed by atoms with E-state index in [1.165, 1.54) is 0 Å². The number of halogens is 1. The van der Waals surface area contributed by atoms with Gasteiger partial charge in [0.1, 0.15) is 5.69 Å². The highest BCUT2D eigenvalue weighted by Gasteiger charge is 2.10. The second-order valence-electron chi connectivity index (χ2n) is 5.19. The SMILES string of the molecule is Brc1ccccc1-c1cc(-c2ccc(-n3cccc3)cc2)on1. The summed E-state index contributed by atoms with van der Waals surface area (Å²) in [4.78, 5) is 0. The maximum Gasteiger partial charge on any atom is 0.167 e. The number of hydrogen-bond donors (Lipinski definition) is 0. The van der Waals surface area contributed by atoms with Crippen LogP contribution in [0.15, 0.2) is 88.1 Å². The van der Waals surface area contributed by atoms with Gasteiger partial charge in [0.25, 0.3) is 0 Å². The normalized spacial score (nSPS) is 10.8. The largest absolute Gasteiger partial charge is 0.356 e. The van der Waals surface area contributed by atoms with E-state index in [4.69, 9.17) is 4.52 Å². The Morgan fingerprint density at radius 1 is 0.870 bits per heavy atom. The van der Waals surface area contributed by atoms with Gasteiger partial charge < -0.3 is 9.09 Å². The standard InChI is InChI=1S/C19H13BrN2O/c20-17-6-2-1-5-16(17)18-13-19(23-21-18)14-7-9-15(10-8-14)22-11-3-4-12-22/h1-13H. The maximum atomic E-state index is 5.51. The highest BCUT2D eigenvalue weighted by atomic mass is 79.9. The topological polar surface area (TPSA) is 31.0 Å². The zero-order valence-electron chi connectivity index (χ0n) is 12.2. The molecular formula is C19H13BrN2O. The lowest BCUT2D eigenvalue weighted by molar-refractivity contribution is 0.435. The fraction of sp³-hybridized carbons (Fsp3) is 0. The highest BCUT2D eigenvalue weighted by molar-refractivity contribution is 9.10. The van der Waals surface area contributed by atoms with Crippen molar-refractivity contribution < 1.29 is 4.52 Å². The number of nitrogens with zero attached hydrogens (tertiary/aromatic N) is 2. The van der Waals surface area contributed by atoms with E-state index in [-0.39, 0.29) is 0 Å². The monoisotopic (exact) mass is 364 g/mol. The molecule has 3 nitrogen and oxygen atoms in total. The van der Waals surface area contributed by atoms with E-state index < -0.39 is 0 Å². The predicted molar refractivity (Wildman–Crippen MR) is 94.4 cm³/mol. The Bertz CT molecular complexity index is 924. The third kappa shape index (κ3) is 2.73. The van der Waals surface area contributed by atoms with Crippen molar-refractivity contribution in [2.45, 2.75) is 0 Å². The lowest BCUT2D eigenvalue weighted by atomic mass is 10.1. The number of rotatable bonds is 3. The van der Waals surface area contributed by atoms with Crippen molar-refractivity contribution in [1.29, 1.82) is 0 Å². The molecule has 2 aromatic carbocycles. The van der Waals surface area contributed by atoms with E-state index in [1.807, 2.05) is 67.0 Å². The van der Waals surface area contributed by atoms with Crippen LogP contribution in [0.2, 0.25) is 0 Å². The van der Waals surface area contributed by atoms with Crippen LogP contribution in [0.1, 0.15) is 0 Å². The fourth-order valence-corrected chi connectivity index (χ4v) is 3.00. The molecule has 2 aromatic heterocycles. The molecule has 0 N–H and O–H groups in total. The van der Waals surface area contributed by atoms with Gasteiger partial charge in [-0.2, -0.15) is 0 Å². The van der Waals surface area contributed by atoms with E-state index in [9.17, 15) is 0 Å². The van der Waals surface area contributed by atoms with Crippen molar-refractivity contribution >= 4 is 15.9 Å². The van der Waals surface area contributed by atoms with Gasteiger partial charge in [-0.3, -0.25) is 0 Å². The quantitative estimate of drug-likeness (QED) is 0.476. The van der Waals surface area contributed by atoms with Crippen LogP contribution in [0.25, 0.3) is 28.3 Å². The van der Waals surface area contributed by atoms with Crippen LogP contribution in [-0.4, -0.2) is 9.72 Å². The molecule has 0 aliphatic carbocycles. The Morgan fingerprint density at radius 2 is 1.61 bits per heavy atom. The summed E-state index contributed by atoms with van der Waals surface area (Å²) in [5.74, 6) is 0.759. The van der Waals surface area contributed by atoms with Gasteiger partial charge in [-0.05, 0) is 42.5 Å². The zero-order valence-corrected chi connectivity index (χ0v) is 13.8. The molecule has 0 unspecified atom stereocenters. The molecule has 4 rings (SSSR count). The van der Waals surface area contributed by atoms with E-state index in [2.05, 4.69) is 37.8 Å². The van der Waals surface area contributed by atoms with Crippen LogP contribution in [0.3, 0.4) is 0 Å². The average Bonchev–Trinajstić information content (AvgIpc) is 3.27. The van der Waals surface area contributed by atoms with Gasteiger partial charge in [-0.25, -0.2) is 0 Å². The molecule has 0 aliphatic rings. The van der Waals surface area contributed by atoms with Crippen molar-refractivity contribution in [1.82, 2.24) is 9.72 Å². The van der Waals surface area contributed by atoms with Crippen molar-refractivity contribution in [3.63, 3.8) is 0 Å². The Hall–Kier alpha value is -2.59. The first-order valence-electron chi connectivity index (χ1n) is 7.27. The molecule has 112 valence electrons. The van der Waals surface area contributed by atoms with Crippen molar-refractivity contribution in [2.24, 2.45) is 0 Å². The fourth-order valence-electron chi connectivity index (χ4n) is 2.51. The van der Waals surface area contributed by atoms with Crippen molar-refractivity contribution in [3.05, 3.63) is 83.6 Å². The first-order chi connectivity index (χ1) is 11.3.